The molecule has 0 bridgehead atoms. The number of hydrogen-bond donors (Lipinski definition) is 1. The molecule has 1 N–H and O–H groups in total. The van der Waals surface area contributed by atoms with Crippen LogP contribution in [0.3, 0.4) is 0 Å². The molecule has 0 amide bonds. The predicted molar refractivity (Wildman–Crippen MR) is 80.4 cm³/mol. The number of rotatable bonds is 7. The molecule has 0 spiro atoms. The zero-order valence-electron chi connectivity index (χ0n) is 12.4. The lowest BCUT2D eigenvalue weighted by Gasteiger charge is -2.42. The van der Waals surface area contributed by atoms with E-state index in [9.17, 15) is 4.21 Å². The molecule has 0 radical (unpaired) electrons. The Bertz CT molecular complexity index is 260. The summed E-state index contributed by atoms with van der Waals surface area (Å²) >= 11 is 0. The second-order valence-electron chi connectivity index (χ2n) is 5.59. The molecule has 1 saturated heterocycles. The molecule has 0 aromatic heterocycles. The van der Waals surface area contributed by atoms with Crippen LogP contribution in [0, 0.1) is 5.92 Å². The van der Waals surface area contributed by atoms with Crippen molar-refractivity contribution in [1.82, 2.24) is 10.2 Å². The van der Waals surface area contributed by atoms with E-state index >= 15 is 0 Å². The van der Waals surface area contributed by atoms with Gasteiger partial charge in [0.2, 0.25) is 0 Å². The quantitative estimate of drug-likeness (QED) is 0.769. The Morgan fingerprint density at radius 2 is 2.17 bits per heavy atom. The molecular formula is C14H30N2OS. The molecule has 0 saturated carbocycles. The minimum absolute atomic E-state index is 0.630. The lowest BCUT2D eigenvalue weighted by Crippen LogP contribution is -2.58. The third-order valence-electron chi connectivity index (χ3n) is 4.24. The van der Waals surface area contributed by atoms with Crippen molar-refractivity contribution in [3.63, 3.8) is 0 Å². The molecule has 4 atom stereocenters. The lowest BCUT2D eigenvalue weighted by atomic mass is 9.95. The van der Waals surface area contributed by atoms with Crippen molar-refractivity contribution in [2.24, 2.45) is 5.92 Å². The summed E-state index contributed by atoms with van der Waals surface area (Å²) in [5.74, 6) is 1.58. The lowest BCUT2D eigenvalue weighted by molar-refractivity contribution is 0.107. The average Bonchev–Trinajstić information content (AvgIpc) is 2.37. The largest absolute Gasteiger partial charge is 0.311 e. The van der Waals surface area contributed by atoms with Crippen LogP contribution in [0.5, 0.6) is 0 Å². The van der Waals surface area contributed by atoms with E-state index in [0.717, 1.165) is 37.7 Å². The Hall–Kier alpha value is 0.0700. The summed E-state index contributed by atoms with van der Waals surface area (Å²) in [4.78, 5) is 2.61. The highest BCUT2D eigenvalue weighted by molar-refractivity contribution is 7.84. The molecule has 4 unspecified atom stereocenters. The summed E-state index contributed by atoms with van der Waals surface area (Å²) in [6.07, 6.45) is 5.31. The maximum atomic E-state index is 11.1. The molecule has 3 nitrogen and oxygen atoms in total. The minimum atomic E-state index is -0.645. The van der Waals surface area contributed by atoms with E-state index in [1.54, 1.807) is 6.26 Å². The van der Waals surface area contributed by atoms with Crippen molar-refractivity contribution in [3.8, 4) is 0 Å². The summed E-state index contributed by atoms with van der Waals surface area (Å²) in [6.45, 7) is 10.2. The average molecular weight is 274 g/mol. The first-order valence-corrected chi connectivity index (χ1v) is 9.08. The van der Waals surface area contributed by atoms with Crippen molar-refractivity contribution < 1.29 is 4.21 Å². The molecule has 0 aromatic carbocycles. The smallest absolute Gasteiger partial charge is 0.0244 e. The summed E-state index contributed by atoms with van der Waals surface area (Å²) in [5, 5.41) is 3.70. The molecule has 1 rings (SSSR count). The van der Waals surface area contributed by atoms with Gasteiger partial charge in [0.1, 0.15) is 0 Å². The van der Waals surface area contributed by atoms with Crippen LogP contribution in [0.4, 0.5) is 0 Å². The highest BCUT2D eigenvalue weighted by atomic mass is 32.2. The van der Waals surface area contributed by atoms with Crippen LogP contribution in [-0.4, -0.2) is 52.8 Å². The fraction of sp³-hybridized carbons (Fsp3) is 1.00. The van der Waals surface area contributed by atoms with Crippen LogP contribution in [0.15, 0.2) is 0 Å². The van der Waals surface area contributed by atoms with E-state index < -0.39 is 10.8 Å². The van der Waals surface area contributed by atoms with Gasteiger partial charge >= 0.3 is 0 Å². The molecule has 108 valence electrons. The Morgan fingerprint density at radius 1 is 1.44 bits per heavy atom. The fourth-order valence-electron chi connectivity index (χ4n) is 2.70. The van der Waals surface area contributed by atoms with Gasteiger partial charge in [-0.2, -0.15) is 0 Å². The van der Waals surface area contributed by atoms with E-state index in [1.807, 2.05) is 0 Å². The topological polar surface area (TPSA) is 32.3 Å². The van der Waals surface area contributed by atoms with Gasteiger partial charge in [-0.05, 0) is 25.3 Å². The molecule has 1 aliphatic rings. The molecule has 1 aliphatic heterocycles. The van der Waals surface area contributed by atoms with Crippen molar-refractivity contribution in [2.75, 3.05) is 31.6 Å². The van der Waals surface area contributed by atoms with Crippen molar-refractivity contribution >= 4 is 10.8 Å². The van der Waals surface area contributed by atoms with Gasteiger partial charge < -0.3 is 5.32 Å². The van der Waals surface area contributed by atoms with Gasteiger partial charge in [0.15, 0.2) is 0 Å². The number of hydrogen-bond acceptors (Lipinski definition) is 3. The SMILES string of the molecule is CCC(C)C1CN(CCCS(C)=O)C(CC)CN1. The Morgan fingerprint density at radius 3 is 2.72 bits per heavy atom. The van der Waals surface area contributed by atoms with E-state index in [1.165, 1.54) is 12.8 Å². The number of nitrogens with zero attached hydrogens (tertiary/aromatic N) is 1. The number of piperazine rings is 1. The third-order valence-corrected chi connectivity index (χ3v) is 5.11. The fourth-order valence-corrected chi connectivity index (χ4v) is 3.23. The first kappa shape index (κ1) is 16.1. The van der Waals surface area contributed by atoms with Crippen LogP contribution < -0.4 is 5.32 Å². The van der Waals surface area contributed by atoms with Crippen molar-refractivity contribution in [1.29, 1.82) is 0 Å². The maximum Gasteiger partial charge on any atom is 0.0244 e. The minimum Gasteiger partial charge on any atom is -0.311 e. The van der Waals surface area contributed by atoms with Gasteiger partial charge in [-0.3, -0.25) is 9.11 Å². The highest BCUT2D eigenvalue weighted by Crippen LogP contribution is 2.17. The van der Waals surface area contributed by atoms with Gasteiger partial charge in [0.25, 0.3) is 0 Å². The molecule has 1 heterocycles. The first-order valence-electron chi connectivity index (χ1n) is 7.35. The van der Waals surface area contributed by atoms with Crippen LogP contribution in [-0.2, 0) is 10.8 Å². The zero-order chi connectivity index (χ0) is 13.5. The molecule has 0 aromatic rings. The molecular weight excluding hydrogens is 244 g/mol. The first-order chi connectivity index (χ1) is 8.58. The Labute approximate surface area is 115 Å². The normalized spacial score (nSPS) is 29.1. The Balaban J connectivity index is 2.45. The maximum absolute atomic E-state index is 11.1. The Kier molecular flexibility index (Phi) is 7.42. The van der Waals surface area contributed by atoms with Gasteiger partial charge in [-0.25, -0.2) is 0 Å². The molecule has 0 aliphatic carbocycles. The summed E-state index contributed by atoms with van der Waals surface area (Å²) < 4.78 is 11.1. The van der Waals surface area contributed by atoms with E-state index in [2.05, 4.69) is 31.0 Å². The van der Waals surface area contributed by atoms with Crippen LogP contribution in [0.1, 0.15) is 40.0 Å². The van der Waals surface area contributed by atoms with Gasteiger partial charge in [-0.15, -0.1) is 0 Å². The van der Waals surface area contributed by atoms with Gasteiger partial charge in [0, 0.05) is 48.0 Å². The zero-order valence-corrected chi connectivity index (χ0v) is 13.3. The van der Waals surface area contributed by atoms with Gasteiger partial charge in [-0.1, -0.05) is 27.2 Å². The molecule has 18 heavy (non-hydrogen) atoms. The summed E-state index contributed by atoms with van der Waals surface area (Å²) in [7, 11) is -0.645. The predicted octanol–water partition coefficient (Wildman–Crippen LogP) is 1.85. The van der Waals surface area contributed by atoms with Crippen LogP contribution in [0.25, 0.3) is 0 Å². The van der Waals surface area contributed by atoms with E-state index in [0.29, 0.717) is 12.1 Å². The van der Waals surface area contributed by atoms with Gasteiger partial charge in [0.05, 0.1) is 0 Å². The second kappa shape index (κ2) is 8.28. The van der Waals surface area contributed by atoms with Crippen LogP contribution >= 0.6 is 0 Å². The second-order valence-corrected chi connectivity index (χ2v) is 7.14. The monoisotopic (exact) mass is 274 g/mol. The van der Waals surface area contributed by atoms with Crippen LogP contribution in [0.2, 0.25) is 0 Å². The highest BCUT2D eigenvalue weighted by Gasteiger charge is 2.28. The summed E-state index contributed by atoms with van der Waals surface area (Å²) in [5.41, 5.74) is 0. The van der Waals surface area contributed by atoms with Crippen molar-refractivity contribution in [3.05, 3.63) is 0 Å². The summed E-state index contributed by atoms with van der Waals surface area (Å²) in [6, 6.07) is 1.29. The third kappa shape index (κ3) is 4.98. The standard InChI is InChI=1S/C14H30N2OS/c1-5-12(3)14-11-16(8-7-9-18(4)17)13(6-2)10-15-14/h12-15H,5-11H2,1-4H3. The van der Waals surface area contributed by atoms with Crippen molar-refractivity contribution in [2.45, 2.75) is 52.1 Å². The molecule has 4 heteroatoms. The number of nitrogens with one attached hydrogen (secondary N) is 1. The van der Waals surface area contributed by atoms with E-state index in [4.69, 9.17) is 0 Å². The van der Waals surface area contributed by atoms with E-state index in [-0.39, 0.29) is 0 Å². The molecule has 1 fully saturated rings.